The molecule has 1 N–H and O–H groups in total. The van der Waals surface area contributed by atoms with Crippen LogP contribution in [0.2, 0.25) is 0 Å². The first kappa shape index (κ1) is 8.43. The van der Waals surface area contributed by atoms with Crippen molar-refractivity contribution in [3.05, 3.63) is 0 Å². The predicted molar refractivity (Wildman–Crippen MR) is 32.6 cm³/mol. The molecular formula is C5H7ClO3. The topological polar surface area (TPSA) is 54.4 Å². The number of aliphatic carboxylic acids is 1. The van der Waals surface area contributed by atoms with Crippen molar-refractivity contribution in [2.45, 2.75) is 18.7 Å². The molecule has 9 heavy (non-hydrogen) atoms. The van der Waals surface area contributed by atoms with Crippen molar-refractivity contribution in [2.24, 2.45) is 0 Å². The van der Waals surface area contributed by atoms with E-state index in [9.17, 15) is 9.59 Å². The number of ketones is 1. The third kappa shape index (κ3) is 3.97. The highest BCUT2D eigenvalue weighted by molar-refractivity contribution is 6.31. The van der Waals surface area contributed by atoms with Gasteiger partial charge in [0.05, 0.1) is 5.38 Å². The quantitative estimate of drug-likeness (QED) is 0.475. The molecule has 0 rings (SSSR count). The standard InChI is InChI=1S/C5H7ClO3/c1-3(6)4(7)2-5(8)9/h3H,2H2,1H3,(H,8,9). The van der Waals surface area contributed by atoms with E-state index in [1.54, 1.807) is 0 Å². The molecule has 0 amide bonds. The largest absolute Gasteiger partial charge is 0.481 e. The SMILES string of the molecule is CC(Cl)C(=O)CC(=O)O. The molecule has 0 saturated heterocycles. The van der Waals surface area contributed by atoms with Crippen LogP contribution in [0.3, 0.4) is 0 Å². The highest BCUT2D eigenvalue weighted by atomic mass is 35.5. The van der Waals surface area contributed by atoms with Crippen LogP contribution in [0.15, 0.2) is 0 Å². The highest BCUT2D eigenvalue weighted by Crippen LogP contribution is 1.98. The van der Waals surface area contributed by atoms with Gasteiger partial charge in [-0.3, -0.25) is 9.59 Å². The van der Waals surface area contributed by atoms with Crippen LogP contribution in [0.5, 0.6) is 0 Å². The molecule has 0 saturated carbocycles. The van der Waals surface area contributed by atoms with E-state index in [1.165, 1.54) is 6.92 Å². The summed E-state index contributed by atoms with van der Waals surface area (Å²) in [7, 11) is 0. The maximum absolute atomic E-state index is 10.4. The molecule has 1 atom stereocenters. The van der Waals surface area contributed by atoms with Crippen LogP contribution >= 0.6 is 11.6 Å². The van der Waals surface area contributed by atoms with Crippen LogP contribution in [0, 0.1) is 0 Å². The predicted octanol–water partition coefficient (Wildman–Crippen LogP) is 0.657. The number of carboxylic acids is 1. The first-order chi connectivity index (χ1) is 4.04. The van der Waals surface area contributed by atoms with E-state index in [-0.39, 0.29) is 0 Å². The van der Waals surface area contributed by atoms with Gasteiger partial charge in [0.25, 0.3) is 0 Å². The minimum absolute atomic E-state index is 0.454. The number of carbonyl (C=O) groups is 2. The Morgan fingerprint density at radius 3 is 2.22 bits per heavy atom. The van der Waals surface area contributed by atoms with Crippen LogP contribution < -0.4 is 0 Å². The van der Waals surface area contributed by atoms with Gasteiger partial charge >= 0.3 is 5.97 Å². The number of rotatable bonds is 3. The van der Waals surface area contributed by atoms with E-state index in [4.69, 9.17) is 16.7 Å². The number of halogens is 1. The molecule has 0 heterocycles. The summed E-state index contributed by atoms with van der Waals surface area (Å²) in [5.41, 5.74) is 0. The zero-order valence-corrected chi connectivity index (χ0v) is 5.68. The van der Waals surface area contributed by atoms with E-state index in [1.807, 2.05) is 0 Å². The summed E-state index contributed by atoms with van der Waals surface area (Å²) in [6.07, 6.45) is -0.481. The van der Waals surface area contributed by atoms with Crippen molar-refractivity contribution in [1.82, 2.24) is 0 Å². The zero-order valence-electron chi connectivity index (χ0n) is 4.93. The van der Waals surface area contributed by atoms with E-state index >= 15 is 0 Å². The summed E-state index contributed by atoms with van der Waals surface area (Å²) in [6, 6.07) is 0. The van der Waals surface area contributed by atoms with Crippen molar-refractivity contribution >= 4 is 23.4 Å². The normalized spacial score (nSPS) is 12.7. The van der Waals surface area contributed by atoms with Gasteiger partial charge in [-0.25, -0.2) is 0 Å². The summed E-state index contributed by atoms with van der Waals surface area (Å²) in [6.45, 7) is 1.45. The summed E-state index contributed by atoms with van der Waals surface area (Å²) in [5, 5.41) is 7.36. The van der Waals surface area contributed by atoms with Gasteiger partial charge in [0.15, 0.2) is 5.78 Å². The molecule has 52 valence electrons. The van der Waals surface area contributed by atoms with Crippen LogP contribution in [0.4, 0.5) is 0 Å². The van der Waals surface area contributed by atoms with Gasteiger partial charge in [0.1, 0.15) is 6.42 Å². The van der Waals surface area contributed by atoms with Crippen molar-refractivity contribution in [3.8, 4) is 0 Å². The molecule has 0 aromatic rings. The minimum atomic E-state index is -1.13. The molecule has 0 fully saturated rings. The second kappa shape index (κ2) is 3.45. The molecule has 0 spiro atoms. The summed E-state index contributed by atoms with van der Waals surface area (Å²) >= 11 is 5.26. The first-order valence-corrected chi connectivity index (χ1v) is 2.86. The van der Waals surface area contributed by atoms with E-state index in [0.29, 0.717) is 0 Å². The Morgan fingerprint density at radius 2 is 2.11 bits per heavy atom. The summed E-state index contributed by atoms with van der Waals surface area (Å²) < 4.78 is 0. The fourth-order valence-corrected chi connectivity index (χ4v) is 0.367. The Kier molecular flexibility index (Phi) is 3.24. The number of hydrogen-bond donors (Lipinski definition) is 1. The molecule has 3 nitrogen and oxygen atoms in total. The third-order valence-electron chi connectivity index (χ3n) is 0.769. The van der Waals surface area contributed by atoms with Gasteiger partial charge in [-0.2, -0.15) is 0 Å². The second-order valence-corrected chi connectivity index (χ2v) is 2.31. The smallest absolute Gasteiger partial charge is 0.310 e. The van der Waals surface area contributed by atoms with E-state index in [0.717, 1.165) is 0 Å². The number of carboxylic acid groups (broad SMARTS) is 1. The lowest BCUT2D eigenvalue weighted by Gasteiger charge is -1.95. The summed E-state index contributed by atoms with van der Waals surface area (Å²) in [5.74, 6) is -1.59. The maximum atomic E-state index is 10.4. The Hall–Kier alpha value is -0.570. The van der Waals surface area contributed by atoms with Crippen LogP contribution in [-0.2, 0) is 9.59 Å². The molecule has 4 heteroatoms. The van der Waals surface area contributed by atoms with Gasteiger partial charge in [0, 0.05) is 0 Å². The van der Waals surface area contributed by atoms with Crippen LogP contribution in [0.1, 0.15) is 13.3 Å². The van der Waals surface area contributed by atoms with Gasteiger partial charge in [0.2, 0.25) is 0 Å². The number of alkyl halides is 1. The fraction of sp³-hybridized carbons (Fsp3) is 0.600. The Balaban J connectivity index is 3.64. The van der Waals surface area contributed by atoms with E-state index in [2.05, 4.69) is 0 Å². The average Bonchev–Trinajstić information content (AvgIpc) is 1.63. The van der Waals surface area contributed by atoms with Gasteiger partial charge in [-0.1, -0.05) is 0 Å². The molecule has 0 aliphatic rings. The molecule has 0 radical (unpaired) electrons. The monoisotopic (exact) mass is 150 g/mol. The lowest BCUT2D eigenvalue weighted by atomic mass is 10.2. The molecular weight excluding hydrogens is 144 g/mol. The molecule has 0 aliphatic heterocycles. The molecule has 0 bridgehead atoms. The minimum Gasteiger partial charge on any atom is -0.481 e. The second-order valence-electron chi connectivity index (χ2n) is 1.65. The Morgan fingerprint density at radius 1 is 1.67 bits per heavy atom. The Bertz CT molecular complexity index is 130. The van der Waals surface area contributed by atoms with E-state index < -0.39 is 23.6 Å². The van der Waals surface area contributed by atoms with Gasteiger partial charge < -0.3 is 5.11 Å². The molecule has 0 aliphatic carbocycles. The molecule has 0 aromatic carbocycles. The third-order valence-corrected chi connectivity index (χ3v) is 1.01. The number of carbonyl (C=O) groups excluding carboxylic acids is 1. The Labute approximate surface area is 57.6 Å². The lowest BCUT2D eigenvalue weighted by molar-refractivity contribution is -0.140. The zero-order chi connectivity index (χ0) is 7.44. The first-order valence-electron chi connectivity index (χ1n) is 2.42. The van der Waals surface area contributed by atoms with Crippen LogP contribution in [0.25, 0.3) is 0 Å². The molecule has 1 unspecified atom stereocenters. The summed E-state index contributed by atoms with van der Waals surface area (Å²) in [4.78, 5) is 20.3. The molecule has 0 aromatic heterocycles. The number of Topliss-reactive ketones (excluding diaryl/α,β-unsaturated/α-hetero) is 1. The number of hydrogen-bond acceptors (Lipinski definition) is 2. The van der Waals surface area contributed by atoms with Crippen molar-refractivity contribution in [1.29, 1.82) is 0 Å². The van der Waals surface area contributed by atoms with Gasteiger partial charge in [-0.15, -0.1) is 11.6 Å². The van der Waals surface area contributed by atoms with Crippen molar-refractivity contribution in [2.75, 3.05) is 0 Å². The fourth-order valence-electron chi connectivity index (χ4n) is 0.290. The lowest BCUT2D eigenvalue weighted by Crippen LogP contribution is -2.14. The average molecular weight is 151 g/mol. The highest BCUT2D eigenvalue weighted by Gasteiger charge is 2.12. The van der Waals surface area contributed by atoms with Crippen LogP contribution in [-0.4, -0.2) is 22.2 Å². The van der Waals surface area contributed by atoms with Crippen molar-refractivity contribution < 1.29 is 14.7 Å². The van der Waals surface area contributed by atoms with Crippen molar-refractivity contribution in [3.63, 3.8) is 0 Å². The maximum Gasteiger partial charge on any atom is 0.310 e. The van der Waals surface area contributed by atoms with Gasteiger partial charge in [-0.05, 0) is 6.92 Å².